The van der Waals surface area contributed by atoms with Gasteiger partial charge in [0.15, 0.2) is 0 Å². The molecule has 0 aromatic rings. The van der Waals surface area contributed by atoms with Crippen LogP contribution in [0.3, 0.4) is 0 Å². The molecule has 1 rings (SSSR count). The van der Waals surface area contributed by atoms with Gasteiger partial charge in [-0.15, -0.1) is 0 Å². The summed E-state index contributed by atoms with van der Waals surface area (Å²) in [5.41, 5.74) is 0. The van der Waals surface area contributed by atoms with Gasteiger partial charge in [0.05, 0.1) is 0 Å². The first kappa shape index (κ1) is 2.69. The Bertz CT molecular complexity index is 32.5. The van der Waals surface area contributed by atoms with Crippen molar-refractivity contribution in [3.63, 3.8) is 0 Å². The van der Waals surface area contributed by atoms with Crippen LogP contribution in [0.2, 0.25) is 0 Å². The van der Waals surface area contributed by atoms with E-state index in [0.29, 0.717) is 21.2 Å². The van der Waals surface area contributed by atoms with E-state index in [4.69, 9.17) is 0 Å². The zero-order chi connectivity index (χ0) is 2.83. The van der Waals surface area contributed by atoms with E-state index < -0.39 is 0 Å². The van der Waals surface area contributed by atoms with Crippen molar-refractivity contribution in [2.24, 2.45) is 0 Å². The number of allylic oxidation sites excluding steroid dienone is 1. The van der Waals surface area contributed by atoms with Crippen LogP contribution >= 0.6 is 21.2 Å². The van der Waals surface area contributed by atoms with Gasteiger partial charge in [-0.2, -0.15) is 0 Å². The Morgan fingerprint density at radius 3 is 2.00 bits per heavy atom. The van der Waals surface area contributed by atoms with Crippen molar-refractivity contribution in [3.05, 3.63) is 10.2 Å². The average molecular weight is 168 g/mol. The van der Waals surface area contributed by atoms with E-state index in [9.17, 15) is 0 Å². The van der Waals surface area contributed by atoms with Gasteiger partial charge >= 0.3 is 35.8 Å². The topological polar surface area (TPSA) is 0 Å². The van der Waals surface area contributed by atoms with Crippen LogP contribution in [-0.4, -0.2) is 4.43 Å². The summed E-state index contributed by atoms with van der Waals surface area (Å²) in [4.78, 5) is 0. The van der Waals surface area contributed by atoms with E-state index in [1.54, 1.807) is 0 Å². The normalized spacial score (nSPS) is 22.0. The molecule has 0 saturated heterocycles. The van der Waals surface area contributed by atoms with Crippen LogP contribution in [0.5, 0.6) is 0 Å². The monoisotopic (exact) mass is 168 g/mol. The molecule has 1 heteroatoms. The van der Waals surface area contributed by atoms with Crippen LogP contribution in [0.25, 0.3) is 0 Å². The van der Waals surface area contributed by atoms with Crippen molar-refractivity contribution in [2.75, 3.05) is 4.43 Å². The Morgan fingerprint density at radius 1 is 1.75 bits per heavy atom. The maximum atomic E-state index is 2.31. The minimum absolute atomic E-state index is 0.482. The molecular weight excluding hydrogens is 163 g/mol. The maximum absolute atomic E-state index is 2.31. The molecule has 0 saturated carbocycles. The second-order valence-electron chi connectivity index (χ2n) is 0.705. The fraction of sp³-hybridized carbons (Fsp3) is 0.333. The number of alkyl halides is 1. The quantitative estimate of drug-likeness (QED) is 0.376. The summed E-state index contributed by atoms with van der Waals surface area (Å²) in [6.45, 7) is 0. The molecule has 0 unspecified atom stereocenters. The Kier molecular flexibility index (Phi) is 0.714. The zero-order valence-corrected chi connectivity index (χ0v) is 4.60. The molecule has 1 heterocycles. The molecule has 0 aromatic carbocycles. The molecule has 0 atom stereocenters. The van der Waals surface area contributed by atoms with Gasteiger partial charge in [-0.3, -0.25) is 0 Å². The number of rotatable bonds is 0. The summed E-state index contributed by atoms with van der Waals surface area (Å²) in [5.74, 6) is 0. The molecule has 1 aliphatic heterocycles. The fourth-order valence-electron chi connectivity index (χ4n) is 0.0962. The molecule has 0 aromatic heterocycles. The van der Waals surface area contributed by atoms with Crippen molar-refractivity contribution in [2.45, 2.75) is 0 Å². The van der Waals surface area contributed by atoms with Crippen molar-refractivity contribution < 1.29 is 0 Å². The summed E-state index contributed by atoms with van der Waals surface area (Å²) < 4.78 is 3.76. The van der Waals surface area contributed by atoms with Crippen LogP contribution in [0, 0.1) is 0 Å². The third kappa shape index (κ3) is 0.267. The molecule has 0 nitrogen and oxygen atoms in total. The number of hydrogen-bond donors (Lipinski definition) is 0. The number of hydrogen-bond acceptors (Lipinski definition) is 0. The summed E-state index contributed by atoms with van der Waals surface area (Å²) in [5, 5.41) is 0. The van der Waals surface area contributed by atoms with Crippen LogP contribution < -0.4 is 0 Å². The summed E-state index contributed by atoms with van der Waals surface area (Å²) in [6.07, 6.45) is 2.24. The molecule has 0 N–H and O–H groups in total. The Balaban J connectivity index is 2.47. The van der Waals surface area contributed by atoms with Gasteiger partial charge in [0, 0.05) is 0 Å². The first-order chi connectivity index (χ1) is 2.00. The molecule has 4 heavy (non-hydrogen) atoms. The zero-order valence-electron chi connectivity index (χ0n) is 2.27. The van der Waals surface area contributed by atoms with Gasteiger partial charge in [0.2, 0.25) is 0 Å². The Labute approximate surface area is 36.2 Å². The fourth-order valence-corrected chi connectivity index (χ4v) is 0.645. The predicted octanol–water partition coefficient (Wildman–Crippen LogP) is 1.22. The van der Waals surface area contributed by atoms with E-state index in [-0.39, 0.29) is 0 Å². The van der Waals surface area contributed by atoms with Gasteiger partial charge in [0.25, 0.3) is 0 Å². The standard InChI is InChI=1S/C3H5I/c1-2-4-3-1/h1-2,4H,3H2. The van der Waals surface area contributed by atoms with Crippen molar-refractivity contribution in [3.8, 4) is 0 Å². The molecule has 0 fully saturated rings. The second kappa shape index (κ2) is 1.06. The van der Waals surface area contributed by atoms with Gasteiger partial charge in [-0.05, 0) is 0 Å². The Morgan fingerprint density at radius 2 is 2.00 bits per heavy atom. The SMILES string of the molecule is C1=C[IH]C1. The Hall–Kier alpha value is 0.470. The van der Waals surface area contributed by atoms with Crippen LogP contribution in [0.4, 0.5) is 0 Å². The van der Waals surface area contributed by atoms with Gasteiger partial charge < -0.3 is 0 Å². The minimum atomic E-state index is 0.482. The first-order valence-electron chi connectivity index (χ1n) is 1.27. The van der Waals surface area contributed by atoms with E-state index >= 15 is 0 Å². The first-order valence-corrected chi connectivity index (χ1v) is 4.26. The van der Waals surface area contributed by atoms with E-state index in [2.05, 4.69) is 10.2 Å². The molecule has 0 radical (unpaired) electrons. The molecule has 0 aliphatic carbocycles. The van der Waals surface area contributed by atoms with E-state index in [1.807, 2.05) is 0 Å². The molecule has 0 amide bonds. The van der Waals surface area contributed by atoms with Gasteiger partial charge in [-0.25, -0.2) is 0 Å². The third-order valence-corrected chi connectivity index (χ3v) is 2.58. The molecular formula is C3H5I. The number of halogens is 1. The second-order valence-corrected chi connectivity index (χ2v) is 3.38. The van der Waals surface area contributed by atoms with Gasteiger partial charge in [0.1, 0.15) is 0 Å². The van der Waals surface area contributed by atoms with Crippen LogP contribution in [0.15, 0.2) is 10.2 Å². The molecule has 0 spiro atoms. The van der Waals surface area contributed by atoms with Crippen molar-refractivity contribution >= 4 is 21.2 Å². The van der Waals surface area contributed by atoms with E-state index in [1.165, 1.54) is 4.43 Å². The van der Waals surface area contributed by atoms with Crippen molar-refractivity contribution in [1.82, 2.24) is 0 Å². The molecule has 24 valence electrons. The van der Waals surface area contributed by atoms with Gasteiger partial charge in [-0.1, -0.05) is 0 Å². The predicted molar refractivity (Wildman–Crippen MR) is 29.4 cm³/mol. The molecule has 0 bridgehead atoms. The van der Waals surface area contributed by atoms with E-state index in [0.717, 1.165) is 0 Å². The van der Waals surface area contributed by atoms with Crippen LogP contribution in [0.1, 0.15) is 0 Å². The summed E-state index contributed by atoms with van der Waals surface area (Å²) >= 11 is 0.482. The summed E-state index contributed by atoms with van der Waals surface area (Å²) in [7, 11) is 0. The van der Waals surface area contributed by atoms with Crippen molar-refractivity contribution in [1.29, 1.82) is 0 Å². The average Bonchev–Trinajstić information content (AvgIpc) is 0.722. The van der Waals surface area contributed by atoms with Crippen LogP contribution in [-0.2, 0) is 0 Å². The third-order valence-electron chi connectivity index (χ3n) is 0.385. The summed E-state index contributed by atoms with van der Waals surface area (Å²) in [6, 6.07) is 0. The molecule has 1 aliphatic rings.